The quantitative estimate of drug-likeness (QED) is 0.405. The molecule has 7 nitrogen and oxygen atoms in total. The molecule has 1 aromatic carbocycles. The van der Waals surface area contributed by atoms with E-state index < -0.39 is 0 Å². The van der Waals surface area contributed by atoms with E-state index in [9.17, 15) is 0 Å². The molecular weight excluding hydrogens is 364 g/mol. The third-order valence-corrected chi connectivity index (χ3v) is 5.39. The second kappa shape index (κ2) is 10.9. The van der Waals surface area contributed by atoms with E-state index in [1.54, 1.807) is 7.05 Å². The Labute approximate surface area is 174 Å². The first kappa shape index (κ1) is 21.2. The number of hydrogen-bond donors (Lipinski definition) is 2. The van der Waals surface area contributed by atoms with Gasteiger partial charge in [0.25, 0.3) is 0 Å². The van der Waals surface area contributed by atoms with Crippen molar-refractivity contribution >= 4 is 11.6 Å². The molecule has 2 aromatic rings. The van der Waals surface area contributed by atoms with Crippen molar-refractivity contribution in [2.24, 2.45) is 4.99 Å². The van der Waals surface area contributed by atoms with Crippen LogP contribution in [0.5, 0.6) is 0 Å². The van der Waals surface area contributed by atoms with Crippen LogP contribution in [0.3, 0.4) is 0 Å². The summed E-state index contributed by atoms with van der Waals surface area (Å²) in [4.78, 5) is 13.7. The molecule has 7 heteroatoms. The second-order valence-corrected chi connectivity index (χ2v) is 7.47. The van der Waals surface area contributed by atoms with Gasteiger partial charge < -0.3 is 20.0 Å². The second-order valence-electron chi connectivity index (χ2n) is 7.47. The third kappa shape index (κ3) is 6.49. The van der Waals surface area contributed by atoms with Crippen LogP contribution in [0, 0.1) is 13.8 Å². The maximum atomic E-state index is 5.59. The van der Waals surface area contributed by atoms with Gasteiger partial charge in [-0.15, -0.1) is 0 Å². The Balaban J connectivity index is 1.26. The molecule has 0 amide bonds. The van der Waals surface area contributed by atoms with Gasteiger partial charge in [-0.2, -0.15) is 0 Å². The van der Waals surface area contributed by atoms with Crippen LogP contribution >= 0.6 is 0 Å². The minimum Gasteiger partial charge on any atom is -0.444 e. The van der Waals surface area contributed by atoms with Crippen LogP contribution in [0.15, 0.2) is 39.7 Å². The molecule has 0 radical (unpaired) electrons. The number of benzene rings is 1. The first-order chi connectivity index (χ1) is 14.2. The zero-order valence-corrected chi connectivity index (χ0v) is 17.9. The average molecular weight is 399 g/mol. The Morgan fingerprint density at radius 1 is 1.07 bits per heavy atom. The standard InChI is InChI=1S/C22H34N6O/c1-18-19(2)29-21(26-18)17-25-22(23-3)24-11-7-8-12-27-13-15-28(16-14-27)20-9-5-4-6-10-20/h4-6,9-10H,7-8,11-17H2,1-3H3,(H2,23,24,25). The first-order valence-corrected chi connectivity index (χ1v) is 10.6. The number of nitrogens with zero attached hydrogens (tertiary/aromatic N) is 4. The zero-order chi connectivity index (χ0) is 20.5. The highest BCUT2D eigenvalue weighted by Gasteiger charge is 2.16. The number of guanidine groups is 1. The molecule has 2 heterocycles. The van der Waals surface area contributed by atoms with E-state index in [1.165, 1.54) is 12.1 Å². The summed E-state index contributed by atoms with van der Waals surface area (Å²) in [6.45, 7) is 11.0. The molecule has 0 aliphatic carbocycles. The van der Waals surface area contributed by atoms with E-state index in [-0.39, 0.29) is 0 Å². The van der Waals surface area contributed by atoms with Crippen molar-refractivity contribution in [3.63, 3.8) is 0 Å². The largest absolute Gasteiger partial charge is 0.444 e. The fraction of sp³-hybridized carbons (Fsp3) is 0.545. The lowest BCUT2D eigenvalue weighted by Crippen LogP contribution is -2.46. The van der Waals surface area contributed by atoms with Gasteiger partial charge in [-0.1, -0.05) is 18.2 Å². The Bertz CT molecular complexity index is 745. The number of aromatic nitrogens is 1. The summed E-state index contributed by atoms with van der Waals surface area (Å²) in [5.74, 6) is 2.35. The number of oxazole rings is 1. The maximum Gasteiger partial charge on any atom is 0.214 e. The summed E-state index contributed by atoms with van der Waals surface area (Å²) in [5, 5.41) is 6.62. The van der Waals surface area contributed by atoms with E-state index in [0.29, 0.717) is 12.4 Å². The third-order valence-electron chi connectivity index (χ3n) is 5.39. The smallest absolute Gasteiger partial charge is 0.214 e. The molecule has 29 heavy (non-hydrogen) atoms. The molecule has 1 aliphatic rings. The normalized spacial score (nSPS) is 15.6. The predicted octanol–water partition coefficient (Wildman–Crippen LogP) is 2.56. The summed E-state index contributed by atoms with van der Waals surface area (Å²) in [6, 6.07) is 10.7. The van der Waals surface area contributed by atoms with Crippen LogP contribution in [0.4, 0.5) is 5.69 Å². The molecule has 0 atom stereocenters. The highest BCUT2D eigenvalue weighted by molar-refractivity contribution is 5.79. The Morgan fingerprint density at radius 2 is 1.83 bits per heavy atom. The van der Waals surface area contributed by atoms with Gasteiger partial charge >= 0.3 is 0 Å². The van der Waals surface area contributed by atoms with Crippen molar-refractivity contribution in [3.8, 4) is 0 Å². The molecule has 2 N–H and O–H groups in total. The lowest BCUT2D eigenvalue weighted by Gasteiger charge is -2.36. The SMILES string of the molecule is CN=C(NCCCCN1CCN(c2ccccc2)CC1)NCc1nc(C)c(C)o1. The molecule has 158 valence electrons. The van der Waals surface area contributed by atoms with Gasteiger partial charge in [0.2, 0.25) is 5.89 Å². The molecule has 0 spiro atoms. The molecule has 3 rings (SSSR count). The van der Waals surface area contributed by atoms with Crippen molar-refractivity contribution in [1.29, 1.82) is 0 Å². The van der Waals surface area contributed by atoms with Gasteiger partial charge in [0, 0.05) is 45.5 Å². The number of rotatable bonds is 8. The summed E-state index contributed by atoms with van der Waals surface area (Å²) < 4.78 is 5.59. The van der Waals surface area contributed by atoms with Crippen molar-refractivity contribution < 1.29 is 4.42 Å². The summed E-state index contributed by atoms with van der Waals surface area (Å²) in [6.07, 6.45) is 2.31. The van der Waals surface area contributed by atoms with Crippen molar-refractivity contribution in [2.45, 2.75) is 33.2 Å². The first-order valence-electron chi connectivity index (χ1n) is 10.6. The van der Waals surface area contributed by atoms with Crippen LogP contribution in [0.1, 0.15) is 30.2 Å². The average Bonchev–Trinajstić information content (AvgIpc) is 3.08. The topological polar surface area (TPSA) is 68.9 Å². The van der Waals surface area contributed by atoms with Gasteiger partial charge in [-0.3, -0.25) is 9.89 Å². The number of aryl methyl sites for hydroxylation is 2. The number of unbranched alkanes of at least 4 members (excludes halogenated alkanes) is 1. The van der Waals surface area contributed by atoms with Crippen LogP contribution < -0.4 is 15.5 Å². The molecular formula is C22H34N6O. The number of aliphatic imine (C=N–C) groups is 1. The van der Waals surface area contributed by atoms with Crippen LogP contribution in [-0.4, -0.2) is 62.2 Å². The van der Waals surface area contributed by atoms with E-state index >= 15 is 0 Å². The number of nitrogens with one attached hydrogen (secondary N) is 2. The summed E-state index contributed by atoms with van der Waals surface area (Å²) in [7, 11) is 1.79. The van der Waals surface area contributed by atoms with Gasteiger partial charge in [0.15, 0.2) is 5.96 Å². The lowest BCUT2D eigenvalue weighted by molar-refractivity contribution is 0.253. The van der Waals surface area contributed by atoms with Crippen LogP contribution in [0.2, 0.25) is 0 Å². The number of piperazine rings is 1. The van der Waals surface area contributed by atoms with Crippen LogP contribution in [0.25, 0.3) is 0 Å². The Hall–Kier alpha value is -2.54. The van der Waals surface area contributed by atoms with Gasteiger partial charge in [-0.05, 0) is 45.4 Å². The van der Waals surface area contributed by atoms with Crippen LogP contribution in [-0.2, 0) is 6.54 Å². The monoisotopic (exact) mass is 398 g/mol. The predicted molar refractivity (Wildman–Crippen MR) is 119 cm³/mol. The fourth-order valence-corrected chi connectivity index (χ4v) is 3.53. The van der Waals surface area contributed by atoms with Crippen molar-refractivity contribution in [3.05, 3.63) is 47.7 Å². The Kier molecular flexibility index (Phi) is 7.93. The lowest BCUT2D eigenvalue weighted by atomic mass is 10.2. The number of anilines is 1. The number of para-hydroxylation sites is 1. The van der Waals surface area contributed by atoms with Gasteiger partial charge in [-0.25, -0.2) is 4.98 Å². The molecule has 0 saturated carbocycles. The van der Waals surface area contributed by atoms with Crippen molar-refractivity contribution in [2.75, 3.05) is 51.2 Å². The summed E-state index contributed by atoms with van der Waals surface area (Å²) in [5.41, 5.74) is 2.28. The highest BCUT2D eigenvalue weighted by atomic mass is 16.4. The fourth-order valence-electron chi connectivity index (χ4n) is 3.53. The number of hydrogen-bond acceptors (Lipinski definition) is 5. The summed E-state index contributed by atoms with van der Waals surface area (Å²) >= 11 is 0. The minimum atomic E-state index is 0.542. The molecule has 1 saturated heterocycles. The zero-order valence-electron chi connectivity index (χ0n) is 17.9. The highest BCUT2D eigenvalue weighted by Crippen LogP contribution is 2.15. The van der Waals surface area contributed by atoms with E-state index in [0.717, 1.165) is 63.1 Å². The van der Waals surface area contributed by atoms with Gasteiger partial charge in [0.1, 0.15) is 5.76 Å². The maximum absolute atomic E-state index is 5.59. The molecule has 0 unspecified atom stereocenters. The molecule has 0 bridgehead atoms. The molecule has 1 aromatic heterocycles. The van der Waals surface area contributed by atoms with Crippen molar-refractivity contribution in [1.82, 2.24) is 20.5 Å². The van der Waals surface area contributed by atoms with E-state index in [2.05, 4.69) is 60.7 Å². The Morgan fingerprint density at radius 3 is 2.48 bits per heavy atom. The van der Waals surface area contributed by atoms with E-state index in [4.69, 9.17) is 4.42 Å². The van der Waals surface area contributed by atoms with Gasteiger partial charge in [0.05, 0.1) is 12.2 Å². The molecule has 1 fully saturated rings. The molecule has 1 aliphatic heterocycles. The van der Waals surface area contributed by atoms with E-state index in [1.807, 2.05) is 13.8 Å². The minimum absolute atomic E-state index is 0.542.